The molecule has 8 heteroatoms. The van der Waals surface area contributed by atoms with Gasteiger partial charge in [0.25, 0.3) is 11.8 Å². The predicted molar refractivity (Wildman–Crippen MR) is 116 cm³/mol. The molecule has 1 aromatic heterocycles. The Labute approximate surface area is 187 Å². The lowest BCUT2D eigenvalue weighted by molar-refractivity contribution is 0.0996. The van der Waals surface area contributed by atoms with Gasteiger partial charge in [-0.2, -0.15) is 8.78 Å². The zero-order chi connectivity index (χ0) is 22.5. The van der Waals surface area contributed by atoms with Crippen molar-refractivity contribution in [1.29, 1.82) is 0 Å². The molecule has 1 amide bonds. The normalized spacial score (nSPS) is 14.5. The number of alkyl halides is 2. The van der Waals surface area contributed by atoms with E-state index in [1.165, 1.54) is 5.56 Å². The summed E-state index contributed by atoms with van der Waals surface area (Å²) >= 11 is 0. The Morgan fingerprint density at radius 1 is 0.909 bits per heavy atom. The fraction of sp³-hybridized carbons (Fsp3) is 0.160. The highest BCUT2D eigenvalue weighted by molar-refractivity contribution is 6.12. The molecule has 4 aromatic rings. The lowest BCUT2D eigenvalue weighted by atomic mass is 10.0. The molecular weight excluding hydrogens is 428 g/mol. The lowest BCUT2D eigenvalue weighted by Crippen LogP contribution is -2.23. The van der Waals surface area contributed by atoms with Crippen LogP contribution in [-0.2, 0) is 13.0 Å². The molecule has 6 rings (SSSR count). The molecule has 0 saturated heterocycles. The van der Waals surface area contributed by atoms with Crippen molar-refractivity contribution in [2.45, 2.75) is 19.4 Å². The fourth-order valence-corrected chi connectivity index (χ4v) is 4.36. The third-order valence-corrected chi connectivity index (χ3v) is 5.99. The van der Waals surface area contributed by atoms with E-state index < -0.39 is 12.3 Å². The molecule has 0 fully saturated rings. The van der Waals surface area contributed by atoms with Gasteiger partial charge in [0.15, 0.2) is 0 Å². The van der Waals surface area contributed by atoms with Crippen molar-refractivity contribution in [3.8, 4) is 28.3 Å². The smallest absolute Gasteiger partial charge is 0.314 e. The van der Waals surface area contributed by atoms with Crippen LogP contribution < -0.4 is 9.64 Å². The number of anilines is 1. The molecule has 3 aromatic carbocycles. The predicted octanol–water partition coefficient (Wildman–Crippen LogP) is 5.44. The summed E-state index contributed by atoms with van der Waals surface area (Å²) in [7, 11) is 0. The van der Waals surface area contributed by atoms with Crippen LogP contribution in [0.1, 0.15) is 33.8 Å². The average Bonchev–Trinajstić information content (AvgIpc) is 3.57. The van der Waals surface area contributed by atoms with Gasteiger partial charge >= 0.3 is 6.43 Å². The molecule has 0 radical (unpaired) electrons. The zero-order valence-electron chi connectivity index (χ0n) is 17.3. The highest BCUT2D eigenvalue weighted by atomic mass is 19.3. The maximum atomic E-state index is 13.4. The van der Waals surface area contributed by atoms with Crippen molar-refractivity contribution in [3.05, 3.63) is 83.2 Å². The number of rotatable bonds is 4. The third kappa shape index (κ3) is 3.26. The van der Waals surface area contributed by atoms with Crippen LogP contribution >= 0.6 is 0 Å². The number of nitrogens with zero attached hydrogens (tertiary/aromatic N) is 3. The van der Waals surface area contributed by atoms with Crippen LogP contribution in [0.3, 0.4) is 0 Å². The number of halogens is 2. The van der Waals surface area contributed by atoms with Crippen molar-refractivity contribution >= 4 is 11.6 Å². The first-order valence-electron chi connectivity index (χ1n) is 10.5. The first-order chi connectivity index (χ1) is 16.1. The molecule has 2 aliphatic heterocycles. The minimum atomic E-state index is -2.85. The summed E-state index contributed by atoms with van der Waals surface area (Å²) in [5.74, 6) is -0.0837. The highest BCUT2D eigenvalue weighted by Gasteiger charge is 2.31. The van der Waals surface area contributed by atoms with Crippen LogP contribution in [-0.4, -0.2) is 22.7 Å². The van der Waals surface area contributed by atoms with E-state index in [4.69, 9.17) is 9.15 Å². The third-order valence-electron chi connectivity index (χ3n) is 5.99. The van der Waals surface area contributed by atoms with Crippen LogP contribution in [0.25, 0.3) is 22.6 Å². The maximum absolute atomic E-state index is 13.4. The molecule has 0 atom stereocenters. The van der Waals surface area contributed by atoms with Gasteiger partial charge in [0.2, 0.25) is 5.89 Å². The molecule has 2 aliphatic rings. The van der Waals surface area contributed by atoms with Gasteiger partial charge < -0.3 is 14.1 Å². The largest absolute Gasteiger partial charge is 0.493 e. The van der Waals surface area contributed by atoms with Crippen molar-refractivity contribution < 1.29 is 22.7 Å². The Kier molecular flexibility index (Phi) is 4.46. The quantitative estimate of drug-likeness (QED) is 0.419. The van der Waals surface area contributed by atoms with Crippen molar-refractivity contribution in [2.75, 3.05) is 11.5 Å². The van der Waals surface area contributed by atoms with E-state index in [-0.39, 0.29) is 11.8 Å². The van der Waals surface area contributed by atoms with E-state index in [0.29, 0.717) is 24.3 Å². The Morgan fingerprint density at radius 3 is 2.58 bits per heavy atom. The number of ether oxygens (including phenoxy) is 1. The summed E-state index contributed by atoms with van der Waals surface area (Å²) in [5.41, 5.74) is 5.62. The van der Waals surface area contributed by atoms with Gasteiger partial charge in [0, 0.05) is 23.1 Å². The number of amides is 1. The lowest BCUT2D eigenvalue weighted by Gasteiger charge is -2.20. The van der Waals surface area contributed by atoms with E-state index in [1.807, 2.05) is 36.4 Å². The number of para-hydroxylation sites is 1. The SMILES string of the molecule is O=C1c2cc(-c3nnc(C(F)F)o3)ccc2CN1c1ccccc1-c1ccc2c(c1)OCC2. The van der Waals surface area contributed by atoms with E-state index in [9.17, 15) is 13.6 Å². The molecule has 0 saturated carbocycles. The first-order valence-corrected chi connectivity index (χ1v) is 10.5. The second-order valence-electron chi connectivity index (χ2n) is 7.95. The second-order valence-corrected chi connectivity index (χ2v) is 7.95. The molecule has 6 nitrogen and oxygen atoms in total. The van der Waals surface area contributed by atoms with E-state index in [2.05, 4.69) is 16.3 Å². The van der Waals surface area contributed by atoms with Crippen LogP contribution in [0.15, 0.2) is 65.1 Å². The van der Waals surface area contributed by atoms with E-state index >= 15 is 0 Å². The Bertz CT molecular complexity index is 1400. The average molecular weight is 445 g/mol. The molecule has 0 aliphatic carbocycles. The van der Waals surface area contributed by atoms with Gasteiger partial charge in [-0.05, 0) is 41.0 Å². The van der Waals surface area contributed by atoms with Gasteiger partial charge in [-0.3, -0.25) is 4.79 Å². The van der Waals surface area contributed by atoms with Gasteiger partial charge in [-0.25, -0.2) is 0 Å². The van der Waals surface area contributed by atoms with Gasteiger partial charge in [-0.15, -0.1) is 10.2 Å². The highest BCUT2D eigenvalue weighted by Crippen LogP contribution is 2.39. The second kappa shape index (κ2) is 7.51. The van der Waals surface area contributed by atoms with Crippen LogP contribution in [0, 0.1) is 0 Å². The minimum absolute atomic E-state index is 0.0436. The number of hydrogen-bond donors (Lipinski definition) is 0. The van der Waals surface area contributed by atoms with E-state index in [1.54, 1.807) is 23.1 Å². The molecule has 0 N–H and O–H groups in total. The Hall–Kier alpha value is -4.07. The number of benzene rings is 3. The van der Waals surface area contributed by atoms with Crippen molar-refractivity contribution in [2.24, 2.45) is 0 Å². The standard InChI is InChI=1S/C25H17F2N3O3/c26-22(27)24-29-28-23(33-24)16-7-8-17-13-30(25(31)19(17)11-16)20-4-2-1-3-18(20)15-6-5-14-9-10-32-21(14)12-15/h1-8,11-12,22H,9-10,13H2. The van der Waals surface area contributed by atoms with E-state index in [0.717, 1.165) is 34.5 Å². The summed E-state index contributed by atoms with van der Waals surface area (Å²) in [6.45, 7) is 1.08. The molecular formula is C25H17F2N3O3. The van der Waals surface area contributed by atoms with Crippen LogP contribution in [0.4, 0.5) is 14.5 Å². The van der Waals surface area contributed by atoms with Crippen LogP contribution in [0.5, 0.6) is 5.75 Å². The molecule has 3 heterocycles. The molecule has 33 heavy (non-hydrogen) atoms. The Balaban J connectivity index is 1.35. The number of carbonyl (C=O) groups is 1. The van der Waals surface area contributed by atoms with Crippen molar-refractivity contribution in [1.82, 2.24) is 10.2 Å². The molecule has 0 bridgehead atoms. The summed E-state index contributed by atoms with van der Waals surface area (Å²) in [6.07, 6.45) is -1.95. The van der Waals surface area contributed by atoms with Gasteiger partial charge in [-0.1, -0.05) is 36.4 Å². The van der Waals surface area contributed by atoms with Crippen LogP contribution in [0.2, 0.25) is 0 Å². The summed E-state index contributed by atoms with van der Waals surface area (Å²) < 4.78 is 36.4. The Morgan fingerprint density at radius 2 is 1.73 bits per heavy atom. The minimum Gasteiger partial charge on any atom is -0.493 e. The topological polar surface area (TPSA) is 68.5 Å². The summed E-state index contributed by atoms with van der Waals surface area (Å²) in [6, 6.07) is 19.0. The number of fused-ring (bicyclic) bond motifs is 2. The molecule has 0 unspecified atom stereocenters. The fourth-order valence-electron chi connectivity index (χ4n) is 4.36. The van der Waals surface area contributed by atoms with Crippen molar-refractivity contribution in [3.63, 3.8) is 0 Å². The molecule has 0 spiro atoms. The number of carbonyl (C=O) groups excluding carboxylic acids is 1. The number of aromatic nitrogens is 2. The molecule has 164 valence electrons. The summed E-state index contributed by atoms with van der Waals surface area (Å²) in [4.78, 5) is 15.1. The maximum Gasteiger partial charge on any atom is 0.314 e. The first kappa shape index (κ1) is 19.6. The van der Waals surface area contributed by atoms with Gasteiger partial charge in [0.05, 0.1) is 18.8 Å². The summed E-state index contributed by atoms with van der Waals surface area (Å²) in [5, 5.41) is 7.05. The van der Waals surface area contributed by atoms with Gasteiger partial charge in [0.1, 0.15) is 5.75 Å². The number of hydrogen-bond acceptors (Lipinski definition) is 5. The monoisotopic (exact) mass is 445 g/mol. The zero-order valence-corrected chi connectivity index (χ0v) is 17.3.